The van der Waals surface area contributed by atoms with Gasteiger partial charge < -0.3 is 9.47 Å². The minimum absolute atomic E-state index is 0.101. The lowest BCUT2D eigenvalue weighted by molar-refractivity contribution is -0.385. The quantitative estimate of drug-likeness (QED) is 0.324. The molecular formula is C17H14ClNO6. The van der Waals surface area contributed by atoms with Gasteiger partial charge in [-0.3, -0.25) is 14.9 Å². The Labute approximate surface area is 148 Å². The van der Waals surface area contributed by atoms with Crippen molar-refractivity contribution in [3.63, 3.8) is 0 Å². The van der Waals surface area contributed by atoms with E-state index in [0.717, 1.165) is 6.07 Å². The first-order valence-electron chi connectivity index (χ1n) is 7.19. The Morgan fingerprint density at radius 3 is 2.44 bits per heavy atom. The average molecular weight is 364 g/mol. The molecule has 0 aliphatic heterocycles. The van der Waals surface area contributed by atoms with Gasteiger partial charge in [0.05, 0.1) is 4.92 Å². The Morgan fingerprint density at radius 2 is 1.80 bits per heavy atom. The van der Waals surface area contributed by atoms with Crippen LogP contribution in [-0.4, -0.2) is 29.9 Å². The van der Waals surface area contributed by atoms with Crippen molar-refractivity contribution in [1.29, 1.82) is 0 Å². The van der Waals surface area contributed by atoms with Crippen LogP contribution in [0.25, 0.3) is 0 Å². The summed E-state index contributed by atoms with van der Waals surface area (Å²) < 4.78 is 10.0. The fourth-order valence-corrected chi connectivity index (χ4v) is 2.05. The van der Waals surface area contributed by atoms with Gasteiger partial charge in [-0.15, -0.1) is 0 Å². The van der Waals surface area contributed by atoms with E-state index >= 15 is 0 Å². The van der Waals surface area contributed by atoms with Crippen molar-refractivity contribution >= 4 is 29.0 Å². The molecule has 25 heavy (non-hydrogen) atoms. The van der Waals surface area contributed by atoms with Gasteiger partial charge in [0.15, 0.2) is 13.2 Å². The number of nitrogens with zero attached hydrogens (tertiary/aromatic N) is 1. The van der Waals surface area contributed by atoms with E-state index in [-0.39, 0.29) is 17.9 Å². The summed E-state index contributed by atoms with van der Waals surface area (Å²) in [5, 5.41) is 11.4. The second kappa shape index (κ2) is 8.25. The summed E-state index contributed by atoms with van der Waals surface area (Å²) >= 11 is 5.73. The smallest absolute Gasteiger partial charge is 0.344 e. The number of ether oxygens (including phenoxy) is 2. The second-order valence-corrected chi connectivity index (χ2v) is 5.52. The molecular weight excluding hydrogens is 350 g/mol. The van der Waals surface area contributed by atoms with Crippen molar-refractivity contribution in [3.05, 3.63) is 68.7 Å². The highest BCUT2D eigenvalue weighted by atomic mass is 35.5. The number of nitro benzene ring substituents is 1. The molecule has 0 heterocycles. The standard InChI is InChI=1S/C17H14ClNO6/c1-11-2-3-12(8-15(11)19(22)23)16(20)9-25-17(21)10-24-14-6-4-13(18)5-7-14/h2-8H,9-10H2,1H3. The number of hydrogen-bond donors (Lipinski definition) is 0. The zero-order chi connectivity index (χ0) is 18.4. The van der Waals surface area contributed by atoms with E-state index in [2.05, 4.69) is 0 Å². The highest BCUT2D eigenvalue weighted by molar-refractivity contribution is 6.30. The van der Waals surface area contributed by atoms with E-state index in [0.29, 0.717) is 16.3 Å². The Hall–Kier alpha value is -2.93. The maximum atomic E-state index is 12.0. The molecule has 0 bridgehead atoms. The SMILES string of the molecule is Cc1ccc(C(=O)COC(=O)COc2ccc(Cl)cc2)cc1[N+](=O)[O-]. The van der Waals surface area contributed by atoms with Gasteiger partial charge in [-0.25, -0.2) is 4.79 Å². The van der Waals surface area contributed by atoms with Gasteiger partial charge in [0.25, 0.3) is 5.69 Å². The molecule has 0 aliphatic carbocycles. The summed E-state index contributed by atoms with van der Waals surface area (Å²) in [5.41, 5.74) is 0.377. The molecule has 2 aromatic rings. The first kappa shape index (κ1) is 18.4. The number of esters is 1. The Kier molecular flexibility index (Phi) is 6.08. The van der Waals surface area contributed by atoms with E-state index in [1.807, 2.05) is 0 Å². The molecule has 0 N–H and O–H groups in total. The third-order valence-electron chi connectivity index (χ3n) is 3.26. The first-order valence-corrected chi connectivity index (χ1v) is 7.57. The lowest BCUT2D eigenvalue weighted by atomic mass is 10.1. The molecule has 2 aromatic carbocycles. The maximum absolute atomic E-state index is 12.0. The summed E-state index contributed by atoms with van der Waals surface area (Å²) in [6.07, 6.45) is 0. The molecule has 7 nitrogen and oxygen atoms in total. The lowest BCUT2D eigenvalue weighted by Gasteiger charge is -2.07. The van der Waals surface area contributed by atoms with Crippen LogP contribution in [0.15, 0.2) is 42.5 Å². The predicted molar refractivity (Wildman–Crippen MR) is 90.1 cm³/mol. The van der Waals surface area contributed by atoms with Gasteiger partial charge in [-0.2, -0.15) is 0 Å². The first-order chi connectivity index (χ1) is 11.9. The molecule has 0 fully saturated rings. The summed E-state index contributed by atoms with van der Waals surface area (Å²) in [7, 11) is 0. The van der Waals surface area contributed by atoms with Crippen LogP contribution in [0.1, 0.15) is 15.9 Å². The Balaban J connectivity index is 1.87. The van der Waals surface area contributed by atoms with Crippen molar-refractivity contribution in [3.8, 4) is 5.75 Å². The molecule has 0 spiro atoms. The monoisotopic (exact) mass is 363 g/mol. The zero-order valence-corrected chi connectivity index (χ0v) is 14.0. The van der Waals surface area contributed by atoms with Crippen LogP contribution >= 0.6 is 11.6 Å². The normalized spacial score (nSPS) is 10.2. The van der Waals surface area contributed by atoms with E-state index in [4.69, 9.17) is 21.1 Å². The third kappa shape index (κ3) is 5.29. The maximum Gasteiger partial charge on any atom is 0.344 e. The van der Waals surface area contributed by atoms with Crippen LogP contribution < -0.4 is 4.74 Å². The van der Waals surface area contributed by atoms with E-state index < -0.39 is 23.3 Å². The zero-order valence-electron chi connectivity index (χ0n) is 13.2. The van der Waals surface area contributed by atoms with Crippen molar-refractivity contribution in [2.75, 3.05) is 13.2 Å². The van der Waals surface area contributed by atoms with Gasteiger partial charge in [0, 0.05) is 22.2 Å². The number of Topliss-reactive ketones (excluding diaryl/α,β-unsaturated/α-hetero) is 1. The molecule has 0 saturated carbocycles. The lowest BCUT2D eigenvalue weighted by Crippen LogP contribution is -2.19. The van der Waals surface area contributed by atoms with Gasteiger partial charge in [0.1, 0.15) is 5.75 Å². The molecule has 0 radical (unpaired) electrons. The number of halogens is 1. The number of hydrogen-bond acceptors (Lipinski definition) is 6. The Morgan fingerprint density at radius 1 is 1.12 bits per heavy atom. The van der Waals surface area contributed by atoms with Crippen LogP contribution in [0, 0.1) is 17.0 Å². The second-order valence-electron chi connectivity index (χ2n) is 5.08. The van der Waals surface area contributed by atoms with Gasteiger partial charge >= 0.3 is 5.97 Å². The molecule has 0 saturated heterocycles. The number of nitro groups is 1. The van der Waals surface area contributed by atoms with Crippen LogP contribution in [-0.2, 0) is 9.53 Å². The molecule has 130 valence electrons. The number of rotatable bonds is 7. The van der Waals surface area contributed by atoms with Crippen molar-refractivity contribution < 1.29 is 24.0 Å². The third-order valence-corrected chi connectivity index (χ3v) is 3.51. The number of aryl methyl sites for hydroxylation is 1. The van der Waals surface area contributed by atoms with E-state index in [1.165, 1.54) is 12.1 Å². The van der Waals surface area contributed by atoms with E-state index in [1.54, 1.807) is 31.2 Å². The Bertz CT molecular complexity index is 803. The summed E-state index contributed by atoms with van der Waals surface area (Å²) in [5.74, 6) is -0.838. The molecule has 0 atom stereocenters. The minimum Gasteiger partial charge on any atom is -0.482 e. The van der Waals surface area contributed by atoms with Crippen molar-refractivity contribution in [2.24, 2.45) is 0 Å². The fourth-order valence-electron chi connectivity index (χ4n) is 1.92. The number of carbonyl (C=O) groups is 2. The summed E-state index contributed by atoms with van der Waals surface area (Å²) in [4.78, 5) is 33.9. The molecule has 0 aromatic heterocycles. The van der Waals surface area contributed by atoms with Crippen molar-refractivity contribution in [2.45, 2.75) is 6.92 Å². The van der Waals surface area contributed by atoms with Crippen LogP contribution in [0.2, 0.25) is 5.02 Å². The van der Waals surface area contributed by atoms with Gasteiger partial charge in [0.2, 0.25) is 5.78 Å². The van der Waals surface area contributed by atoms with Crippen LogP contribution in [0.5, 0.6) is 5.75 Å². The molecule has 0 unspecified atom stereocenters. The summed E-state index contributed by atoms with van der Waals surface area (Å²) in [6, 6.07) is 10.5. The summed E-state index contributed by atoms with van der Waals surface area (Å²) in [6.45, 7) is 0.673. The number of ketones is 1. The van der Waals surface area contributed by atoms with Gasteiger partial charge in [-0.1, -0.05) is 23.7 Å². The fraction of sp³-hybridized carbons (Fsp3) is 0.176. The van der Waals surface area contributed by atoms with Gasteiger partial charge in [-0.05, 0) is 31.2 Å². The van der Waals surface area contributed by atoms with Crippen LogP contribution in [0.3, 0.4) is 0 Å². The minimum atomic E-state index is -0.732. The number of benzene rings is 2. The molecule has 0 aliphatic rings. The molecule has 8 heteroatoms. The number of carbonyl (C=O) groups excluding carboxylic acids is 2. The van der Waals surface area contributed by atoms with Crippen LogP contribution in [0.4, 0.5) is 5.69 Å². The molecule has 2 rings (SSSR count). The van der Waals surface area contributed by atoms with Crippen molar-refractivity contribution in [1.82, 2.24) is 0 Å². The van der Waals surface area contributed by atoms with E-state index in [9.17, 15) is 19.7 Å². The highest BCUT2D eigenvalue weighted by Gasteiger charge is 2.16. The largest absolute Gasteiger partial charge is 0.482 e. The highest BCUT2D eigenvalue weighted by Crippen LogP contribution is 2.19. The molecule has 0 amide bonds. The average Bonchev–Trinajstić information content (AvgIpc) is 2.59. The predicted octanol–water partition coefficient (Wildman–Crippen LogP) is 3.36. The topological polar surface area (TPSA) is 95.7 Å².